The van der Waals surface area contributed by atoms with Gasteiger partial charge in [0.1, 0.15) is 0 Å². The van der Waals surface area contributed by atoms with Gasteiger partial charge in [0.2, 0.25) is 0 Å². The second-order valence-corrected chi connectivity index (χ2v) is 4.49. The van der Waals surface area contributed by atoms with Crippen LogP contribution < -0.4 is 0 Å². The molecule has 19 heavy (non-hydrogen) atoms. The Hall–Kier alpha value is -2.13. The average Bonchev–Trinajstić information content (AvgIpc) is 2.73. The van der Waals surface area contributed by atoms with Gasteiger partial charge < -0.3 is 9.30 Å². The summed E-state index contributed by atoms with van der Waals surface area (Å²) in [6, 6.07) is 2.13. The van der Waals surface area contributed by atoms with Crippen LogP contribution in [-0.2, 0) is 29.4 Å². The number of esters is 1. The Balaban J connectivity index is 2.12. The van der Waals surface area contributed by atoms with Gasteiger partial charge in [0, 0.05) is 18.7 Å². The van der Waals surface area contributed by atoms with Crippen molar-refractivity contribution in [3.63, 3.8) is 0 Å². The summed E-state index contributed by atoms with van der Waals surface area (Å²) in [6.07, 6.45) is 4.77. The third-order valence-corrected chi connectivity index (χ3v) is 3.25. The number of aromatic nitrogens is 1. The Morgan fingerprint density at radius 1 is 1.37 bits per heavy atom. The van der Waals surface area contributed by atoms with Crippen molar-refractivity contribution >= 4 is 5.97 Å². The summed E-state index contributed by atoms with van der Waals surface area (Å²) < 4.78 is 6.83. The first-order chi connectivity index (χ1) is 9.22. The van der Waals surface area contributed by atoms with E-state index in [2.05, 4.69) is 34.3 Å². The van der Waals surface area contributed by atoms with Gasteiger partial charge in [-0.1, -0.05) is 0 Å². The lowest BCUT2D eigenvalue weighted by molar-refractivity contribution is -0.136. The molecular formula is C16H17NO2. The molecule has 0 aliphatic heterocycles. The van der Waals surface area contributed by atoms with Crippen molar-refractivity contribution in [2.75, 3.05) is 6.61 Å². The first-order valence-corrected chi connectivity index (χ1v) is 6.58. The van der Waals surface area contributed by atoms with E-state index in [1.54, 1.807) is 6.92 Å². The van der Waals surface area contributed by atoms with Crippen LogP contribution in [-0.4, -0.2) is 17.1 Å². The third kappa shape index (κ3) is 3.20. The lowest BCUT2D eigenvalue weighted by Gasteiger charge is -2.12. The highest BCUT2D eigenvalue weighted by Crippen LogP contribution is 2.23. The monoisotopic (exact) mass is 255 g/mol. The molecule has 0 saturated heterocycles. The van der Waals surface area contributed by atoms with E-state index in [9.17, 15) is 4.79 Å². The van der Waals surface area contributed by atoms with E-state index in [0.717, 1.165) is 18.5 Å². The van der Waals surface area contributed by atoms with Crippen LogP contribution in [0, 0.1) is 23.7 Å². The zero-order chi connectivity index (χ0) is 13.7. The SMILES string of the molecule is CCOC(=O)C#CC#Cc1cc2c(n1C)CCCC2. The molecule has 0 N–H and O–H groups in total. The predicted molar refractivity (Wildman–Crippen MR) is 73.3 cm³/mol. The van der Waals surface area contributed by atoms with Gasteiger partial charge >= 0.3 is 5.97 Å². The number of carbonyl (C=O) groups is 1. The van der Waals surface area contributed by atoms with E-state index >= 15 is 0 Å². The second kappa shape index (κ2) is 6.16. The first kappa shape index (κ1) is 13.3. The topological polar surface area (TPSA) is 31.2 Å². The molecule has 1 aliphatic carbocycles. The Morgan fingerprint density at radius 3 is 2.89 bits per heavy atom. The molecule has 1 heterocycles. The Labute approximate surface area is 113 Å². The molecule has 0 amide bonds. The number of fused-ring (bicyclic) bond motifs is 1. The highest BCUT2D eigenvalue weighted by molar-refractivity contribution is 5.89. The highest BCUT2D eigenvalue weighted by Gasteiger charge is 2.14. The van der Waals surface area contributed by atoms with E-state index in [1.165, 1.54) is 24.1 Å². The van der Waals surface area contributed by atoms with Crippen molar-refractivity contribution in [1.29, 1.82) is 0 Å². The molecule has 0 aromatic carbocycles. The summed E-state index contributed by atoms with van der Waals surface area (Å²) in [6.45, 7) is 2.09. The molecule has 3 nitrogen and oxygen atoms in total. The smallest absolute Gasteiger partial charge is 0.385 e. The maximum Gasteiger partial charge on any atom is 0.385 e. The largest absolute Gasteiger partial charge is 0.456 e. The number of ether oxygens (including phenoxy) is 1. The van der Waals surface area contributed by atoms with Crippen molar-refractivity contribution in [2.45, 2.75) is 32.6 Å². The number of aryl methyl sites for hydroxylation is 1. The number of nitrogens with zero attached hydrogens (tertiary/aromatic N) is 1. The first-order valence-electron chi connectivity index (χ1n) is 6.58. The van der Waals surface area contributed by atoms with E-state index in [1.807, 2.05) is 7.05 Å². The van der Waals surface area contributed by atoms with Crippen LogP contribution in [0.3, 0.4) is 0 Å². The van der Waals surface area contributed by atoms with Crippen LogP contribution in [0.5, 0.6) is 0 Å². The van der Waals surface area contributed by atoms with Crippen molar-refractivity contribution in [3.05, 3.63) is 23.0 Å². The Bertz CT molecular complexity index is 602. The molecule has 0 atom stereocenters. The second-order valence-electron chi connectivity index (χ2n) is 4.49. The molecule has 98 valence electrons. The molecule has 0 spiro atoms. The van der Waals surface area contributed by atoms with Gasteiger partial charge in [-0.15, -0.1) is 0 Å². The number of rotatable bonds is 1. The maximum absolute atomic E-state index is 11.0. The summed E-state index contributed by atoms with van der Waals surface area (Å²) in [5.41, 5.74) is 3.75. The molecule has 1 aromatic heterocycles. The van der Waals surface area contributed by atoms with Crippen molar-refractivity contribution < 1.29 is 9.53 Å². The van der Waals surface area contributed by atoms with Gasteiger partial charge in [0.15, 0.2) is 0 Å². The minimum atomic E-state index is -0.525. The molecule has 1 aromatic rings. The molecule has 3 heteroatoms. The van der Waals surface area contributed by atoms with Crippen LogP contribution >= 0.6 is 0 Å². The van der Waals surface area contributed by atoms with Gasteiger partial charge in [-0.05, 0) is 62.0 Å². The summed E-state index contributed by atoms with van der Waals surface area (Å²) in [5.74, 6) is 10.1. The van der Waals surface area contributed by atoms with Crippen LogP contribution in [0.25, 0.3) is 0 Å². The number of carbonyl (C=O) groups excluding carboxylic acids is 1. The average molecular weight is 255 g/mol. The molecule has 0 fully saturated rings. The Morgan fingerprint density at radius 2 is 2.16 bits per heavy atom. The van der Waals surface area contributed by atoms with Crippen molar-refractivity contribution in [2.24, 2.45) is 7.05 Å². The summed E-state index contributed by atoms with van der Waals surface area (Å²) in [4.78, 5) is 11.0. The molecule has 0 radical (unpaired) electrons. The van der Waals surface area contributed by atoms with Gasteiger partial charge in [-0.25, -0.2) is 4.79 Å². The van der Waals surface area contributed by atoms with Crippen molar-refractivity contribution in [1.82, 2.24) is 4.57 Å². The van der Waals surface area contributed by atoms with Crippen LogP contribution in [0.15, 0.2) is 6.07 Å². The quantitative estimate of drug-likeness (QED) is 0.435. The van der Waals surface area contributed by atoms with Gasteiger partial charge in [0.05, 0.1) is 12.3 Å². The normalized spacial score (nSPS) is 12.5. The van der Waals surface area contributed by atoms with Gasteiger partial charge in [-0.3, -0.25) is 0 Å². The van der Waals surface area contributed by atoms with E-state index in [-0.39, 0.29) is 0 Å². The van der Waals surface area contributed by atoms with Crippen LogP contribution in [0.4, 0.5) is 0 Å². The van der Waals surface area contributed by atoms with E-state index in [4.69, 9.17) is 4.74 Å². The lowest BCUT2D eigenvalue weighted by Crippen LogP contribution is -2.05. The number of hydrogen-bond donors (Lipinski definition) is 0. The van der Waals surface area contributed by atoms with E-state index in [0.29, 0.717) is 6.61 Å². The van der Waals surface area contributed by atoms with E-state index < -0.39 is 5.97 Å². The maximum atomic E-state index is 11.0. The fourth-order valence-corrected chi connectivity index (χ4v) is 2.32. The zero-order valence-electron chi connectivity index (χ0n) is 11.4. The fourth-order valence-electron chi connectivity index (χ4n) is 2.32. The van der Waals surface area contributed by atoms with Gasteiger partial charge in [-0.2, -0.15) is 0 Å². The highest BCUT2D eigenvalue weighted by atomic mass is 16.5. The number of hydrogen-bond acceptors (Lipinski definition) is 2. The molecule has 0 bridgehead atoms. The molecular weight excluding hydrogens is 238 g/mol. The summed E-state index contributed by atoms with van der Waals surface area (Å²) in [5, 5.41) is 0. The summed E-state index contributed by atoms with van der Waals surface area (Å²) in [7, 11) is 2.03. The molecule has 0 saturated carbocycles. The summed E-state index contributed by atoms with van der Waals surface area (Å²) >= 11 is 0. The third-order valence-electron chi connectivity index (χ3n) is 3.25. The standard InChI is InChI=1S/C16H17NO2/c1-3-19-16(18)11-7-5-9-14-12-13-8-4-6-10-15(13)17(14)2/h12H,3-4,6,8,10H2,1-2H3. The van der Waals surface area contributed by atoms with Gasteiger partial charge in [0.25, 0.3) is 0 Å². The fraction of sp³-hybridized carbons (Fsp3) is 0.438. The lowest BCUT2D eigenvalue weighted by atomic mass is 9.98. The predicted octanol–water partition coefficient (Wildman–Crippen LogP) is 1.82. The van der Waals surface area contributed by atoms with Crippen LogP contribution in [0.2, 0.25) is 0 Å². The molecule has 0 unspecified atom stereocenters. The zero-order valence-corrected chi connectivity index (χ0v) is 11.4. The van der Waals surface area contributed by atoms with Crippen molar-refractivity contribution in [3.8, 4) is 23.7 Å². The minimum absolute atomic E-state index is 0.339. The molecule has 1 aliphatic rings. The van der Waals surface area contributed by atoms with Crippen LogP contribution in [0.1, 0.15) is 36.7 Å². The minimum Gasteiger partial charge on any atom is -0.456 e. The Kier molecular flexibility index (Phi) is 4.31. The molecule has 2 rings (SSSR count).